The van der Waals surface area contributed by atoms with E-state index in [4.69, 9.17) is 28.4 Å². The molecule has 1 amide bonds. The molecule has 19 heteroatoms. The van der Waals surface area contributed by atoms with E-state index < -0.39 is 124 Å². The molecular weight excluding hydrogens is 1270 g/mol. The average Bonchev–Trinajstić information content (AvgIpc) is 0.783. The summed E-state index contributed by atoms with van der Waals surface area (Å²) in [5.41, 5.74) is 0. The summed E-state index contributed by atoms with van der Waals surface area (Å²) in [6.07, 6.45) is 53.0. The molecule has 582 valence electrons. The number of allylic oxidation sites excluding steroid dienone is 11. The third-order valence-corrected chi connectivity index (χ3v) is 19.8. The molecule has 0 aliphatic carbocycles. The molecule has 3 heterocycles. The number of amides is 1. The van der Waals surface area contributed by atoms with E-state index >= 15 is 0 Å². The Morgan fingerprint density at radius 3 is 1.08 bits per heavy atom. The molecule has 0 aromatic carbocycles. The molecule has 0 bridgehead atoms. The predicted octanol–water partition coefficient (Wildman–Crippen LogP) is 13.2. The molecule has 0 aromatic rings. The number of hydrogen-bond acceptors (Lipinski definition) is 18. The van der Waals surface area contributed by atoms with Gasteiger partial charge in [0.05, 0.1) is 38.6 Å². The van der Waals surface area contributed by atoms with Crippen LogP contribution in [0.2, 0.25) is 0 Å². The molecular formula is C81H145NO18. The summed E-state index contributed by atoms with van der Waals surface area (Å²) in [5, 5.41) is 121. The van der Waals surface area contributed by atoms with Crippen LogP contribution in [0.1, 0.15) is 303 Å². The quantitative estimate of drug-likeness (QED) is 0.0199. The first-order valence-corrected chi connectivity index (χ1v) is 40.2. The van der Waals surface area contributed by atoms with Crippen LogP contribution in [0.3, 0.4) is 0 Å². The molecule has 100 heavy (non-hydrogen) atoms. The van der Waals surface area contributed by atoms with Crippen LogP contribution in [0.25, 0.3) is 0 Å². The fraction of sp³-hybridized carbons (Fsp3) is 0.840. The Kier molecular flexibility index (Phi) is 56.1. The molecule has 0 radical (unpaired) electrons. The van der Waals surface area contributed by atoms with Crippen molar-refractivity contribution in [1.82, 2.24) is 5.32 Å². The minimum absolute atomic E-state index is 0.239. The van der Waals surface area contributed by atoms with E-state index in [9.17, 15) is 61.0 Å². The topological polar surface area (TPSA) is 307 Å². The van der Waals surface area contributed by atoms with Gasteiger partial charge in [0.2, 0.25) is 5.91 Å². The molecule has 0 spiro atoms. The van der Waals surface area contributed by atoms with Gasteiger partial charge in [-0.15, -0.1) is 0 Å². The summed E-state index contributed by atoms with van der Waals surface area (Å²) in [6, 6.07) is -0.979. The lowest BCUT2D eigenvalue weighted by Crippen LogP contribution is -2.66. The normalized spacial score (nSPS) is 26.8. The Morgan fingerprint density at radius 2 is 0.690 bits per heavy atom. The van der Waals surface area contributed by atoms with E-state index in [-0.39, 0.29) is 18.9 Å². The second-order valence-corrected chi connectivity index (χ2v) is 28.5. The predicted molar refractivity (Wildman–Crippen MR) is 397 cm³/mol. The lowest BCUT2D eigenvalue weighted by atomic mass is 9.96. The van der Waals surface area contributed by atoms with Crippen LogP contribution in [0, 0.1) is 0 Å². The van der Waals surface area contributed by atoms with Crippen LogP contribution in [-0.2, 0) is 33.2 Å². The molecule has 19 nitrogen and oxygen atoms in total. The minimum Gasteiger partial charge on any atom is -0.394 e. The zero-order chi connectivity index (χ0) is 72.5. The number of hydrogen-bond donors (Lipinski definition) is 12. The molecule has 17 unspecified atom stereocenters. The minimum atomic E-state index is -1.98. The van der Waals surface area contributed by atoms with Gasteiger partial charge in [-0.1, -0.05) is 305 Å². The zero-order valence-electron chi connectivity index (χ0n) is 62.2. The largest absolute Gasteiger partial charge is 0.394 e. The van der Waals surface area contributed by atoms with E-state index in [1.54, 1.807) is 6.08 Å². The summed E-state index contributed by atoms with van der Waals surface area (Å²) in [7, 11) is 0. The number of nitrogens with one attached hydrogen (secondary N) is 1. The van der Waals surface area contributed by atoms with Crippen molar-refractivity contribution in [2.75, 3.05) is 26.4 Å². The Morgan fingerprint density at radius 1 is 0.370 bits per heavy atom. The van der Waals surface area contributed by atoms with Crippen molar-refractivity contribution < 1.29 is 89.4 Å². The number of carbonyl (C=O) groups is 1. The molecule has 12 N–H and O–H groups in total. The molecule has 3 saturated heterocycles. The first-order chi connectivity index (χ1) is 48.8. The number of aliphatic hydroxyl groups is 11. The van der Waals surface area contributed by atoms with Crippen molar-refractivity contribution in [1.29, 1.82) is 0 Å². The van der Waals surface area contributed by atoms with E-state index in [0.29, 0.717) is 6.42 Å². The standard InChI is InChI=1S/C81H145NO18/c1-3-5-7-9-11-13-15-17-19-21-23-25-27-29-31-32-33-35-37-39-41-43-45-47-49-51-53-55-57-59-69(87)82-64(65(86)58-56-54-52-50-48-46-44-42-40-38-36-34-30-28-26-24-22-20-18-16-14-12-10-8-6-4-2)63-95-79-75(93)72(90)77(67(61-84)97-79)100-81-76(94)73(91)78(68(62-85)98-81)99-80-74(92)71(89)70(88)66(60-83)96-80/h5,7,11,13,17,19,23,25,29,31,56,58,64-68,70-81,83-86,88-94H,3-4,6,8-10,12,14-16,18,20-22,24,26-28,30,32-55,57,59-63H2,1-2H3,(H,82,87)/b7-5-,13-11-,19-17-,25-23-,31-29-,58-56+. The first-order valence-electron chi connectivity index (χ1n) is 40.2. The SMILES string of the molecule is CC/C=C\C/C=C\C/C=C\C/C=C\C/C=C\CCCCCCCCCCCCCCCC(=O)NC(COC1OC(CO)C(OC2OC(CO)C(OC3OC(CO)C(O)C(O)C3O)C(O)C2O)C(O)C1O)C(O)/C=C/CCCCCCCCCCCCCCCCCCCCCCCCCC. The highest BCUT2D eigenvalue weighted by molar-refractivity contribution is 5.76. The number of unbranched alkanes of at least 4 members (excludes halogenated alkanes) is 37. The lowest BCUT2D eigenvalue weighted by Gasteiger charge is -2.48. The van der Waals surface area contributed by atoms with Crippen molar-refractivity contribution in [3.63, 3.8) is 0 Å². The Bertz CT molecular complexity index is 2090. The number of aliphatic hydroxyl groups excluding tert-OH is 11. The molecule has 3 rings (SSSR count). The lowest BCUT2D eigenvalue weighted by molar-refractivity contribution is -0.379. The maximum Gasteiger partial charge on any atom is 0.220 e. The van der Waals surface area contributed by atoms with E-state index in [1.807, 2.05) is 6.08 Å². The van der Waals surface area contributed by atoms with Gasteiger partial charge in [0.25, 0.3) is 0 Å². The van der Waals surface area contributed by atoms with Gasteiger partial charge >= 0.3 is 0 Å². The maximum atomic E-state index is 13.5. The van der Waals surface area contributed by atoms with Crippen molar-refractivity contribution in [3.05, 3.63) is 72.9 Å². The number of ether oxygens (including phenoxy) is 6. The van der Waals surface area contributed by atoms with Gasteiger partial charge in [-0.3, -0.25) is 4.79 Å². The van der Waals surface area contributed by atoms with Crippen molar-refractivity contribution in [2.45, 2.75) is 407 Å². The second kappa shape index (κ2) is 61.4. The van der Waals surface area contributed by atoms with Crippen LogP contribution in [-0.4, -0.2) is 193 Å². The first kappa shape index (κ1) is 91.4. The molecule has 3 aliphatic rings. The summed E-state index contributed by atoms with van der Waals surface area (Å²) in [5.74, 6) is -0.276. The van der Waals surface area contributed by atoms with Crippen LogP contribution in [0.5, 0.6) is 0 Å². The highest BCUT2D eigenvalue weighted by atomic mass is 16.8. The summed E-state index contributed by atoms with van der Waals surface area (Å²) in [6.45, 7) is 1.66. The van der Waals surface area contributed by atoms with E-state index in [2.05, 4.69) is 79.9 Å². The molecule has 0 saturated carbocycles. The second-order valence-electron chi connectivity index (χ2n) is 28.5. The third-order valence-electron chi connectivity index (χ3n) is 19.8. The Balaban J connectivity index is 1.38. The van der Waals surface area contributed by atoms with Crippen LogP contribution >= 0.6 is 0 Å². The monoisotopic (exact) mass is 1420 g/mol. The third kappa shape index (κ3) is 41.2. The summed E-state index contributed by atoms with van der Waals surface area (Å²) in [4.78, 5) is 13.5. The van der Waals surface area contributed by atoms with E-state index in [1.165, 1.54) is 193 Å². The Hall–Kier alpha value is -2.77. The highest BCUT2D eigenvalue weighted by Gasteiger charge is 2.54. The van der Waals surface area contributed by atoms with Gasteiger partial charge in [-0.05, 0) is 64.2 Å². The summed E-state index contributed by atoms with van der Waals surface area (Å²) < 4.78 is 34.5. The molecule has 3 aliphatic heterocycles. The zero-order valence-corrected chi connectivity index (χ0v) is 62.2. The number of rotatable bonds is 63. The molecule has 3 fully saturated rings. The van der Waals surface area contributed by atoms with Crippen molar-refractivity contribution >= 4 is 5.91 Å². The van der Waals surface area contributed by atoms with Crippen molar-refractivity contribution in [2.24, 2.45) is 0 Å². The van der Waals surface area contributed by atoms with Crippen LogP contribution in [0.15, 0.2) is 72.9 Å². The maximum absolute atomic E-state index is 13.5. The summed E-state index contributed by atoms with van der Waals surface area (Å²) >= 11 is 0. The smallest absolute Gasteiger partial charge is 0.220 e. The molecule has 0 aromatic heterocycles. The van der Waals surface area contributed by atoms with Gasteiger partial charge < -0.3 is 89.9 Å². The van der Waals surface area contributed by atoms with Gasteiger partial charge in [-0.25, -0.2) is 0 Å². The van der Waals surface area contributed by atoms with Gasteiger partial charge in [-0.2, -0.15) is 0 Å². The van der Waals surface area contributed by atoms with Crippen LogP contribution < -0.4 is 5.32 Å². The van der Waals surface area contributed by atoms with Crippen LogP contribution in [0.4, 0.5) is 0 Å². The Labute approximate surface area is 604 Å². The van der Waals surface area contributed by atoms with Gasteiger partial charge in [0.15, 0.2) is 18.9 Å². The number of carbonyl (C=O) groups excluding carboxylic acids is 1. The van der Waals surface area contributed by atoms with E-state index in [0.717, 1.165) is 83.5 Å². The molecule has 17 atom stereocenters. The van der Waals surface area contributed by atoms with Gasteiger partial charge in [0.1, 0.15) is 73.2 Å². The average molecular weight is 1420 g/mol. The van der Waals surface area contributed by atoms with Gasteiger partial charge in [0, 0.05) is 6.42 Å². The fourth-order valence-corrected chi connectivity index (χ4v) is 13.3. The fourth-order valence-electron chi connectivity index (χ4n) is 13.3. The highest BCUT2D eigenvalue weighted by Crippen LogP contribution is 2.33. The van der Waals surface area contributed by atoms with Crippen molar-refractivity contribution in [3.8, 4) is 0 Å².